The Morgan fingerprint density at radius 1 is 1.25 bits per heavy atom. The third-order valence-corrected chi connectivity index (χ3v) is 5.21. The molecule has 8 heteroatoms. The van der Waals surface area contributed by atoms with E-state index in [1.165, 1.54) is 10.6 Å². The highest BCUT2D eigenvalue weighted by atomic mass is 32.2. The molecule has 1 aromatic rings. The van der Waals surface area contributed by atoms with Gasteiger partial charge in [-0.25, -0.2) is 8.42 Å². The van der Waals surface area contributed by atoms with Gasteiger partial charge in [-0.2, -0.15) is 9.40 Å². The first kappa shape index (κ1) is 13.6. The Hall–Kier alpha value is -1.41. The van der Waals surface area contributed by atoms with E-state index in [0.29, 0.717) is 18.7 Å². The molecule has 1 aromatic heterocycles. The number of amides is 1. The van der Waals surface area contributed by atoms with E-state index in [0.717, 1.165) is 37.2 Å². The minimum Gasteiger partial charge on any atom is -0.337 e. The molecule has 3 heterocycles. The number of aromatic nitrogens is 2. The number of hydrogen-bond acceptors (Lipinski definition) is 4. The summed E-state index contributed by atoms with van der Waals surface area (Å²) in [7, 11) is -3.21. The van der Waals surface area contributed by atoms with Crippen LogP contribution in [0, 0.1) is 0 Å². The summed E-state index contributed by atoms with van der Waals surface area (Å²) in [6, 6.07) is 0. The number of rotatable bonds is 2. The summed E-state index contributed by atoms with van der Waals surface area (Å²) >= 11 is 0. The lowest BCUT2D eigenvalue weighted by Crippen LogP contribution is -2.36. The maximum absolute atomic E-state index is 12.4. The summed E-state index contributed by atoms with van der Waals surface area (Å²) in [4.78, 5) is 14.2. The molecule has 0 aromatic carbocycles. The molecule has 1 fully saturated rings. The van der Waals surface area contributed by atoms with E-state index >= 15 is 0 Å². The number of nitrogens with one attached hydrogen (secondary N) is 1. The quantitative estimate of drug-likeness (QED) is 0.830. The van der Waals surface area contributed by atoms with E-state index in [-0.39, 0.29) is 12.5 Å². The fourth-order valence-electron chi connectivity index (χ4n) is 2.82. The van der Waals surface area contributed by atoms with Gasteiger partial charge in [0.25, 0.3) is 5.91 Å². The molecule has 110 valence electrons. The minimum atomic E-state index is -3.21. The van der Waals surface area contributed by atoms with Gasteiger partial charge in [-0.3, -0.25) is 9.89 Å². The summed E-state index contributed by atoms with van der Waals surface area (Å²) in [5, 5.41) is 6.95. The number of carbonyl (C=O) groups excluding carboxylic acids is 1. The van der Waals surface area contributed by atoms with Gasteiger partial charge in [0.1, 0.15) is 0 Å². The van der Waals surface area contributed by atoms with Crippen LogP contribution in [0.2, 0.25) is 0 Å². The normalized spacial score (nSPS) is 20.1. The zero-order chi connectivity index (χ0) is 14.3. The second-order valence-electron chi connectivity index (χ2n) is 5.38. The molecule has 1 saturated heterocycles. The number of fused-ring (bicyclic) bond motifs is 1. The molecule has 20 heavy (non-hydrogen) atoms. The number of aromatic amines is 1. The van der Waals surface area contributed by atoms with Crippen LogP contribution < -0.4 is 0 Å². The van der Waals surface area contributed by atoms with Crippen LogP contribution in [0.15, 0.2) is 0 Å². The predicted octanol–water partition coefficient (Wildman–Crippen LogP) is -0.0366. The van der Waals surface area contributed by atoms with Gasteiger partial charge in [-0.15, -0.1) is 0 Å². The Morgan fingerprint density at radius 3 is 2.60 bits per heavy atom. The molecule has 0 aliphatic carbocycles. The highest BCUT2D eigenvalue weighted by molar-refractivity contribution is 7.88. The predicted molar refractivity (Wildman–Crippen MR) is 72.7 cm³/mol. The first-order valence-electron chi connectivity index (χ1n) is 6.77. The maximum Gasteiger partial charge on any atom is 0.274 e. The average molecular weight is 298 g/mol. The van der Waals surface area contributed by atoms with Crippen molar-refractivity contribution in [1.82, 2.24) is 19.4 Å². The number of likely N-dealkylation sites (tertiary alicyclic amines) is 1. The van der Waals surface area contributed by atoms with Crippen molar-refractivity contribution in [3.05, 3.63) is 17.0 Å². The zero-order valence-corrected chi connectivity index (χ0v) is 12.2. The summed E-state index contributed by atoms with van der Waals surface area (Å²) in [5.74, 6) is -0.0344. The molecule has 1 amide bonds. The van der Waals surface area contributed by atoms with E-state index < -0.39 is 10.0 Å². The number of H-pyrrole nitrogens is 1. The summed E-state index contributed by atoms with van der Waals surface area (Å²) in [6.07, 6.45) is 3.82. The van der Waals surface area contributed by atoms with Crippen LogP contribution in [0.1, 0.15) is 34.6 Å². The molecule has 0 unspecified atom stereocenters. The van der Waals surface area contributed by atoms with Crippen molar-refractivity contribution in [1.29, 1.82) is 0 Å². The molecule has 0 bridgehead atoms. The molecule has 2 aliphatic rings. The van der Waals surface area contributed by atoms with Crippen LogP contribution in [-0.2, 0) is 23.0 Å². The third-order valence-electron chi connectivity index (χ3n) is 3.96. The van der Waals surface area contributed by atoms with E-state index in [2.05, 4.69) is 10.2 Å². The lowest BCUT2D eigenvalue weighted by atomic mass is 10.1. The molecule has 7 nitrogen and oxygen atoms in total. The number of nitrogens with zero attached hydrogens (tertiary/aromatic N) is 3. The first-order chi connectivity index (χ1) is 9.47. The third kappa shape index (κ3) is 2.33. The van der Waals surface area contributed by atoms with Crippen molar-refractivity contribution in [2.45, 2.75) is 25.8 Å². The van der Waals surface area contributed by atoms with E-state index in [1.54, 1.807) is 0 Å². The average Bonchev–Trinajstić information content (AvgIpc) is 3.06. The van der Waals surface area contributed by atoms with Crippen LogP contribution in [0.3, 0.4) is 0 Å². The van der Waals surface area contributed by atoms with Crippen molar-refractivity contribution < 1.29 is 13.2 Å². The van der Waals surface area contributed by atoms with Gasteiger partial charge in [-0.1, -0.05) is 0 Å². The lowest BCUT2D eigenvalue weighted by Gasteiger charge is -2.24. The van der Waals surface area contributed by atoms with Crippen molar-refractivity contribution in [2.24, 2.45) is 0 Å². The SMILES string of the molecule is CS(=O)(=O)N1CCc2c(C(=O)N3CCCC3)n[nH]c2C1. The number of sulfonamides is 1. The van der Waals surface area contributed by atoms with Crippen LogP contribution in [-0.4, -0.2) is 59.6 Å². The van der Waals surface area contributed by atoms with E-state index in [1.807, 2.05) is 4.90 Å². The topological polar surface area (TPSA) is 86.4 Å². The summed E-state index contributed by atoms with van der Waals surface area (Å²) < 4.78 is 24.5. The fraction of sp³-hybridized carbons (Fsp3) is 0.667. The molecule has 3 rings (SSSR count). The maximum atomic E-state index is 12.4. The molecular weight excluding hydrogens is 280 g/mol. The van der Waals surface area contributed by atoms with Gasteiger partial charge < -0.3 is 4.90 Å². The van der Waals surface area contributed by atoms with Crippen molar-refractivity contribution in [2.75, 3.05) is 25.9 Å². The van der Waals surface area contributed by atoms with E-state index in [9.17, 15) is 13.2 Å². The molecule has 0 atom stereocenters. The van der Waals surface area contributed by atoms with Crippen molar-refractivity contribution >= 4 is 15.9 Å². The van der Waals surface area contributed by atoms with Crippen LogP contribution in [0.25, 0.3) is 0 Å². The van der Waals surface area contributed by atoms with Crippen molar-refractivity contribution in [3.63, 3.8) is 0 Å². The van der Waals surface area contributed by atoms with E-state index in [4.69, 9.17) is 0 Å². The highest BCUT2D eigenvalue weighted by Gasteiger charge is 2.31. The Kier molecular flexibility index (Phi) is 3.29. The van der Waals surface area contributed by atoms with Crippen molar-refractivity contribution in [3.8, 4) is 0 Å². The Balaban J connectivity index is 1.84. The minimum absolute atomic E-state index is 0.0344. The summed E-state index contributed by atoms with van der Waals surface area (Å²) in [6.45, 7) is 2.26. The molecule has 1 N–H and O–H groups in total. The van der Waals surface area contributed by atoms with Gasteiger partial charge in [-0.05, 0) is 19.3 Å². The van der Waals surface area contributed by atoms with Crippen LogP contribution in [0.5, 0.6) is 0 Å². The Labute approximate surface area is 118 Å². The van der Waals surface area contributed by atoms with Crippen LogP contribution >= 0.6 is 0 Å². The van der Waals surface area contributed by atoms with Gasteiger partial charge in [0, 0.05) is 25.2 Å². The fourth-order valence-corrected chi connectivity index (χ4v) is 3.61. The zero-order valence-electron chi connectivity index (χ0n) is 11.4. The van der Waals surface area contributed by atoms with Gasteiger partial charge >= 0.3 is 0 Å². The second kappa shape index (κ2) is 4.85. The van der Waals surface area contributed by atoms with Gasteiger partial charge in [0.15, 0.2) is 5.69 Å². The molecule has 0 saturated carbocycles. The molecule has 2 aliphatic heterocycles. The standard InChI is InChI=1S/C12H18N4O3S/c1-20(18,19)16-7-4-9-10(8-16)13-14-11(9)12(17)15-5-2-3-6-15/h2-8H2,1H3,(H,13,14). The van der Waals surface area contributed by atoms with Gasteiger partial charge in [0.2, 0.25) is 10.0 Å². The Bertz CT molecular complexity index is 631. The second-order valence-corrected chi connectivity index (χ2v) is 7.36. The molecule has 0 spiro atoms. The lowest BCUT2D eigenvalue weighted by molar-refractivity contribution is 0.0785. The monoisotopic (exact) mass is 298 g/mol. The molecular formula is C12H18N4O3S. The molecule has 0 radical (unpaired) electrons. The number of hydrogen-bond donors (Lipinski definition) is 1. The van der Waals surface area contributed by atoms with Gasteiger partial charge in [0.05, 0.1) is 18.5 Å². The first-order valence-corrected chi connectivity index (χ1v) is 8.62. The largest absolute Gasteiger partial charge is 0.337 e. The highest BCUT2D eigenvalue weighted by Crippen LogP contribution is 2.23. The smallest absolute Gasteiger partial charge is 0.274 e. The Morgan fingerprint density at radius 2 is 1.95 bits per heavy atom. The van der Waals surface area contributed by atoms with Crippen LogP contribution in [0.4, 0.5) is 0 Å². The summed E-state index contributed by atoms with van der Waals surface area (Å²) in [5.41, 5.74) is 2.08. The number of carbonyl (C=O) groups is 1.